The van der Waals surface area contributed by atoms with E-state index in [4.69, 9.17) is 13.9 Å². The van der Waals surface area contributed by atoms with Gasteiger partial charge in [-0.1, -0.05) is 36.4 Å². The molecule has 0 atom stereocenters. The molecule has 2 aliphatic rings. The molecule has 0 radical (unpaired) electrons. The van der Waals surface area contributed by atoms with Gasteiger partial charge in [0.25, 0.3) is 0 Å². The molecule has 3 aromatic rings. The van der Waals surface area contributed by atoms with Gasteiger partial charge in [-0.05, 0) is 74.4 Å². The number of aryl methyl sites for hydroxylation is 1. The van der Waals surface area contributed by atoms with Crippen LogP contribution < -0.4 is 9.47 Å². The molecule has 1 fully saturated rings. The van der Waals surface area contributed by atoms with Crippen LogP contribution in [-0.4, -0.2) is 28.9 Å². The predicted molar refractivity (Wildman–Crippen MR) is 137 cm³/mol. The van der Waals surface area contributed by atoms with Crippen molar-refractivity contribution in [3.05, 3.63) is 77.5 Å². The molecule has 2 aromatic carbocycles. The van der Waals surface area contributed by atoms with Crippen molar-refractivity contribution in [2.24, 2.45) is 0 Å². The number of benzene rings is 2. The van der Waals surface area contributed by atoms with Crippen LogP contribution in [0.2, 0.25) is 0 Å². The number of oxazole rings is 1. The summed E-state index contributed by atoms with van der Waals surface area (Å²) in [6.45, 7) is 4.78. The molecule has 0 saturated carbocycles. The Morgan fingerprint density at radius 3 is 2.69 bits per heavy atom. The molecule has 1 aromatic heterocycles. The molecule has 1 aliphatic carbocycles. The number of esters is 1. The van der Waals surface area contributed by atoms with Crippen molar-refractivity contribution >= 4 is 5.97 Å². The van der Waals surface area contributed by atoms with Gasteiger partial charge in [0, 0.05) is 6.42 Å². The summed E-state index contributed by atoms with van der Waals surface area (Å²) >= 11 is 0. The Hall–Kier alpha value is -3.56. The van der Waals surface area contributed by atoms with E-state index in [0.717, 1.165) is 25.4 Å². The van der Waals surface area contributed by atoms with E-state index in [1.807, 2.05) is 6.07 Å². The second-order valence-corrected chi connectivity index (χ2v) is 9.57. The van der Waals surface area contributed by atoms with Gasteiger partial charge in [0.05, 0.1) is 19.2 Å². The van der Waals surface area contributed by atoms with Crippen LogP contribution in [0.15, 0.2) is 59.1 Å². The number of para-hydroxylation sites is 2. The number of carbonyl (C=O) groups excluding carboxylic acids is 1. The SMILES string of the molecule is CC#CCCC(=O)Oc1ccccc1OCc1ncc(CN2CCC3(CCc4ccccc43)CC2)o1. The fourth-order valence-electron chi connectivity index (χ4n) is 5.39. The largest absolute Gasteiger partial charge is 0.480 e. The van der Waals surface area contributed by atoms with Crippen molar-refractivity contribution in [3.8, 4) is 23.3 Å². The summed E-state index contributed by atoms with van der Waals surface area (Å²) in [5, 5.41) is 0. The first-order chi connectivity index (χ1) is 17.6. The molecule has 5 rings (SSSR count). The van der Waals surface area contributed by atoms with Crippen LogP contribution >= 0.6 is 0 Å². The Balaban J connectivity index is 1.12. The van der Waals surface area contributed by atoms with Gasteiger partial charge in [-0.2, -0.15) is 0 Å². The average molecular weight is 485 g/mol. The van der Waals surface area contributed by atoms with Gasteiger partial charge in [-0.3, -0.25) is 9.69 Å². The van der Waals surface area contributed by atoms with E-state index in [9.17, 15) is 4.79 Å². The first kappa shape index (κ1) is 24.1. The minimum absolute atomic E-state index is 0.162. The van der Waals surface area contributed by atoms with Crippen LogP contribution in [0.1, 0.15) is 61.8 Å². The van der Waals surface area contributed by atoms with Crippen molar-refractivity contribution < 1.29 is 18.7 Å². The normalized spacial score (nSPS) is 16.2. The van der Waals surface area contributed by atoms with E-state index in [-0.39, 0.29) is 19.0 Å². The molecule has 6 heteroatoms. The van der Waals surface area contributed by atoms with Crippen molar-refractivity contribution in [1.29, 1.82) is 0 Å². The van der Waals surface area contributed by atoms with Crippen LogP contribution in [-0.2, 0) is 29.8 Å². The topological polar surface area (TPSA) is 64.8 Å². The van der Waals surface area contributed by atoms with Gasteiger partial charge in [-0.25, -0.2) is 4.98 Å². The zero-order chi connectivity index (χ0) is 24.8. The van der Waals surface area contributed by atoms with Gasteiger partial charge in [0.15, 0.2) is 18.1 Å². The van der Waals surface area contributed by atoms with Crippen molar-refractivity contribution in [2.75, 3.05) is 13.1 Å². The van der Waals surface area contributed by atoms with Crippen molar-refractivity contribution in [1.82, 2.24) is 9.88 Å². The molecule has 6 nitrogen and oxygen atoms in total. The third kappa shape index (κ3) is 5.47. The summed E-state index contributed by atoms with van der Waals surface area (Å²) < 4.78 is 17.3. The quantitative estimate of drug-likeness (QED) is 0.241. The number of nitrogens with zero attached hydrogens (tertiary/aromatic N) is 2. The summed E-state index contributed by atoms with van der Waals surface area (Å²) in [6, 6.07) is 16.1. The van der Waals surface area contributed by atoms with E-state index in [0.29, 0.717) is 29.2 Å². The number of hydrogen-bond donors (Lipinski definition) is 0. The summed E-state index contributed by atoms with van der Waals surface area (Å²) in [7, 11) is 0. The van der Waals surface area contributed by atoms with E-state index in [1.165, 1.54) is 31.2 Å². The summed E-state index contributed by atoms with van der Waals surface area (Å²) in [6.07, 6.45) is 7.36. The first-order valence-electron chi connectivity index (χ1n) is 12.7. The molecule has 36 heavy (non-hydrogen) atoms. The highest BCUT2D eigenvalue weighted by molar-refractivity contribution is 5.73. The van der Waals surface area contributed by atoms with E-state index in [1.54, 1.807) is 36.9 Å². The van der Waals surface area contributed by atoms with Crippen LogP contribution in [0, 0.1) is 11.8 Å². The monoisotopic (exact) mass is 484 g/mol. The molecule has 1 aliphatic heterocycles. The predicted octanol–water partition coefficient (Wildman–Crippen LogP) is 5.44. The first-order valence-corrected chi connectivity index (χ1v) is 12.7. The molecular formula is C30H32N2O4. The molecule has 0 amide bonds. The third-order valence-corrected chi connectivity index (χ3v) is 7.31. The number of ether oxygens (including phenoxy) is 2. The standard InChI is InChI=1S/C30H32N2O4/c1-2-3-4-13-29(33)36-27-12-8-7-11-26(27)34-22-28-31-20-24(35-28)21-32-18-16-30(17-19-32)15-14-23-9-5-6-10-25(23)30/h5-12,20H,4,13-19,21-22H2,1H3. The summed E-state index contributed by atoms with van der Waals surface area (Å²) in [5.74, 6) is 7.51. The number of hydrogen-bond acceptors (Lipinski definition) is 6. The maximum absolute atomic E-state index is 12.1. The van der Waals surface area contributed by atoms with Gasteiger partial charge in [-0.15, -0.1) is 11.8 Å². The molecule has 0 bridgehead atoms. The molecule has 0 unspecified atom stereocenters. The third-order valence-electron chi connectivity index (χ3n) is 7.31. The smallest absolute Gasteiger partial charge is 0.312 e. The van der Waals surface area contributed by atoms with Crippen molar-refractivity contribution in [3.63, 3.8) is 0 Å². The second kappa shape index (κ2) is 11.0. The van der Waals surface area contributed by atoms with E-state index < -0.39 is 0 Å². The molecule has 1 saturated heterocycles. The van der Waals surface area contributed by atoms with E-state index in [2.05, 4.69) is 46.0 Å². The number of piperidine rings is 1. The van der Waals surface area contributed by atoms with Gasteiger partial charge in [0.1, 0.15) is 5.76 Å². The van der Waals surface area contributed by atoms with Crippen LogP contribution in [0.5, 0.6) is 11.5 Å². The fourth-order valence-corrected chi connectivity index (χ4v) is 5.39. The number of rotatable bonds is 8. The fraction of sp³-hybridized carbons (Fsp3) is 0.400. The lowest BCUT2D eigenvalue weighted by molar-refractivity contribution is -0.134. The highest BCUT2D eigenvalue weighted by Gasteiger charge is 2.40. The maximum Gasteiger partial charge on any atom is 0.312 e. The Morgan fingerprint density at radius 2 is 1.86 bits per heavy atom. The number of aromatic nitrogens is 1. The second-order valence-electron chi connectivity index (χ2n) is 9.57. The van der Waals surface area contributed by atoms with Crippen LogP contribution in [0.3, 0.4) is 0 Å². The Morgan fingerprint density at radius 1 is 1.08 bits per heavy atom. The van der Waals surface area contributed by atoms with E-state index >= 15 is 0 Å². The van der Waals surface area contributed by atoms with Crippen molar-refractivity contribution in [2.45, 2.75) is 64.0 Å². The Kier molecular flexibility index (Phi) is 7.39. The maximum atomic E-state index is 12.1. The Labute approximate surface area is 212 Å². The molecule has 1 spiro atoms. The highest BCUT2D eigenvalue weighted by Crippen LogP contribution is 2.46. The van der Waals surface area contributed by atoms with Crippen LogP contribution in [0.25, 0.3) is 0 Å². The minimum atomic E-state index is -0.336. The molecule has 186 valence electrons. The lowest BCUT2D eigenvalue weighted by Gasteiger charge is -2.39. The van der Waals surface area contributed by atoms with Crippen LogP contribution in [0.4, 0.5) is 0 Å². The Bertz CT molecular complexity index is 1260. The minimum Gasteiger partial charge on any atom is -0.480 e. The summed E-state index contributed by atoms with van der Waals surface area (Å²) in [5.41, 5.74) is 3.46. The number of fused-ring (bicyclic) bond motifs is 2. The zero-order valence-corrected chi connectivity index (χ0v) is 20.8. The molecule has 2 heterocycles. The molecular weight excluding hydrogens is 452 g/mol. The number of carbonyl (C=O) groups is 1. The summed E-state index contributed by atoms with van der Waals surface area (Å²) in [4.78, 5) is 18.9. The lowest BCUT2D eigenvalue weighted by Crippen LogP contribution is -2.41. The average Bonchev–Trinajstić information content (AvgIpc) is 3.50. The lowest BCUT2D eigenvalue weighted by atomic mass is 9.74. The highest BCUT2D eigenvalue weighted by atomic mass is 16.6. The molecule has 0 N–H and O–H groups in total. The van der Waals surface area contributed by atoms with Gasteiger partial charge in [0.2, 0.25) is 5.89 Å². The zero-order valence-electron chi connectivity index (χ0n) is 20.8. The van der Waals surface area contributed by atoms with Gasteiger partial charge >= 0.3 is 5.97 Å². The van der Waals surface area contributed by atoms with Gasteiger partial charge < -0.3 is 13.9 Å². The number of likely N-dealkylation sites (tertiary alicyclic amines) is 1.